The van der Waals surface area contributed by atoms with E-state index < -0.39 is 5.60 Å². The van der Waals surface area contributed by atoms with Crippen LogP contribution in [0.1, 0.15) is 36.4 Å². The summed E-state index contributed by atoms with van der Waals surface area (Å²) in [4.78, 5) is 2.32. The van der Waals surface area contributed by atoms with Gasteiger partial charge in [-0.1, -0.05) is 24.3 Å². The molecule has 1 heterocycles. The lowest BCUT2D eigenvalue weighted by atomic mass is 9.71. The summed E-state index contributed by atoms with van der Waals surface area (Å²) < 4.78 is 0. The van der Waals surface area contributed by atoms with E-state index in [1.165, 1.54) is 11.1 Å². The fourth-order valence-electron chi connectivity index (χ4n) is 3.48. The number of likely N-dealkylation sites (N-methyl/N-ethyl adjacent to an activating group) is 1. The predicted molar refractivity (Wildman–Crippen MR) is 64.3 cm³/mol. The van der Waals surface area contributed by atoms with E-state index in [1.807, 2.05) is 0 Å². The highest BCUT2D eigenvalue weighted by atomic mass is 16.3. The van der Waals surface area contributed by atoms with Crippen LogP contribution in [0.5, 0.6) is 0 Å². The van der Waals surface area contributed by atoms with Crippen molar-refractivity contribution in [3.63, 3.8) is 0 Å². The van der Waals surface area contributed by atoms with Crippen LogP contribution in [0.3, 0.4) is 0 Å². The lowest BCUT2D eigenvalue weighted by Gasteiger charge is -2.49. The van der Waals surface area contributed by atoms with Gasteiger partial charge >= 0.3 is 0 Å². The maximum Gasteiger partial charge on any atom is 0.0847 e. The molecule has 0 unspecified atom stereocenters. The van der Waals surface area contributed by atoms with Crippen LogP contribution in [-0.4, -0.2) is 29.2 Å². The normalized spacial score (nSPS) is 34.2. The zero-order valence-corrected chi connectivity index (χ0v) is 9.82. The van der Waals surface area contributed by atoms with Crippen molar-refractivity contribution in [1.29, 1.82) is 0 Å². The Morgan fingerprint density at radius 2 is 2.12 bits per heavy atom. The zero-order chi connectivity index (χ0) is 11.2. The van der Waals surface area contributed by atoms with E-state index in [-0.39, 0.29) is 6.04 Å². The van der Waals surface area contributed by atoms with Crippen molar-refractivity contribution >= 4 is 0 Å². The Labute approximate surface area is 96.9 Å². The Balaban J connectivity index is 2.08. The molecule has 0 radical (unpaired) electrons. The van der Waals surface area contributed by atoms with Crippen molar-refractivity contribution in [3.05, 3.63) is 35.4 Å². The number of nitrogens with zero attached hydrogens (tertiary/aromatic N) is 1. The molecule has 0 bridgehead atoms. The van der Waals surface area contributed by atoms with Crippen molar-refractivity contribution in [2.75, 3.05) is 13.6 Å². The fraction of sp³-hybridized carbons (Fsp3) is 0.571. The maximum absolute atomic E-state index is 10.8. The van der Waals surface area contributed by atoms with Gasteiger partial charge in [-0.2, -0.15) is 0 Å². The summed E-state index contributed by atoms with van der Waals surface area (Å²) in [5.41, 5.74) is 2.28. The van der Waals surface area contributed by atoms with Gasteiger partial charge in [-0.3, -0.25) is 4.90 Å². The van der Waals surface area contributed by atoms with Crippen LogP contribution < -0.4 is 0 Å². The van der Waals surface area contributed by atoms with Gasteiger partial charge in [-0.15, -0.1) is 0 Å². The van der Waals surface area contributed by atoms with E-state index in [1.54, 1.807) is 0 Å². The van der Waals surface area contributed by atoms with Crippen molar-refractivity contribution in [2.45, 2.75) is 37.3 Å². The predicted octanol–water partition coefficient (Wildman–Crippen LogP) is 2.13. The molecule has 2 nitrogen and oxygen atoms in total. The molecule has 0 spiro atoms. The molecule has 86 valence electrons. The van der Waals surface area contributed by atoms with Crippen molar-refractivity contribution in [3.8, 4) is 0 Å². The van der Waals surface area contributed by atoms with Gasteiger partial charge in [0.05, 0.1) is 11.6 Å². The minimum absolute atomic E-state index is 0.214. The Morgan fingerprint density at radius 3 is 3.00 bits per heavy atom. The van der Waals surface area contributed by atoms with Crippen LogP contribution >= 0.6 is 0 Å². The van der Waals surface area contributed by atoms with Crippen LogP contribution in [0.4, 0.5) is 0 Å². The summed E-state index contributed by atoms with van der Waals surface area (Å²) >= 11 is 0. The van der Waals surface area contributed by atoms with Gasteiger partial charge in [0.1, 0.15) is 0 Å². The largest absolute Gasteiger partial charge is 0.388 e. The minimum Gasteiger partial charge on any atom is -0.388 e. The average Bonchev–Trinajstić information content (AvgIpc) is 2.28. The maximum atomic E-state index is 10.8. The van der Waals surface area contributed by atoms with Crippen molar-refractivity contribution in [1.82, 2.24) is 4.90 Å². The summed E-state index contributed by atoms with van der Waals surface area (Å²) in [6, 6.07) is 8.80. The highest BCUT2D eigenvalue weighted by Crippen LogP contribution is 2.45. The fourth-order valence-corrected chi connectivity index (χ4v) is 3.48. The molecule has 0 amide bonds. The molecule has 1 fully saturated rings. The summed E-state index contributed by atoms with van der Waals surface area (Å²) in [5.74, 6) is 0. The number of piperidine rings is 1. The van der Waals surface area contributed by atoms with Gasteiger partial charge in [0.2, 0.25) is 0 Å². The first-order valence-corrected chi connectivity index (χ1v) is 6.21. The number of fused-ring (bicyclic) bond motifs is 3. The van der Waals surface area contributed by atoms with E-state index >= 15 is 0 Å². The number of likely N-dealkylation sites (tertiary alicyclic amines) is 1. The van der Waals surface area contributed by atoms with Crippen LogP contribution in [0.15, 0.2) is 24.3 Å². The minimum atomic E-state index is -0.485. The second-order valence-electron chi connectivity index (χ2n) is 5.29. The van der Waals surface area contributed by atoms with E-state index in [2.05, 4.69) is 36.2 Å². The SMILES string of the molecule is CN1CCC[C@@]2(O)CCc3ccccc3[C@@H]12. The highest BCUT2D eigenvalue weighted by Gasteiger charge is 2.45. The number of benzene rings is 1. The third kappa shape index (κ3) is 1.40. The molecule has 1 N–H and O–H groups in total. The second kappa shape index (κ2) is 3.57. The van der Waals surface area contributed by atoms with Gasteiger partial charge in [-0.25, -0.2) is 0 Å². The lowest BCUT2D eigenvalue weighted by Crippen LogP contribution is -2.51. The molecule has 16 heavy (non-hydrogen) atoms. The van der Waals surface area contributed by atoms with Gasteiger partial charge in [0.15, 0.2) is 0 Å². The quantitative estimate of drug-likeness (QED) is 0.719. The molecule has 1 aromatic rings. The molecule has 3 rings (SSSR count). The van der Waals surface area contributed by atoms with Gasteiger partial charge in [0, 0.05) is 0 Å². The molecule has 0 aromatic heterocycles. The van der Waals surface area contributed by atoms with Crippen molar-refractivity contribution in [2.24, 2.45) is 0 Å². The Kier molecular flexibility index (Phi) is 2.30. The molecule has 1 saturated heterocycles. The number of aryl methyl sites for hydroxylation is 1. The third-order valence-electron chi connectivity index (χ3n) is 4.25. The van der Waals surface area contributed by atoms with E-state index in [0.29, 0.717) is 0 Å². The summed E-state index contributed by atoms with van der Waals surface area (Å²) in [7, 11) is 2.14. The molecule has 2 heteroatoms. The highest BCUT2D eigenvalue weighted by molar-refractivity contribution is 5.35. The first-order valence-electron chi connectivity index (χ1n) is 6.21. The number of rotatable bonds is 0. The molecule has 2 atom stereocenters. The summed E-state index contributed by atoms with van der Waals surface area (Å²) in [6.07, 6.45) is 4.01. The van der Waals surface area contributed by atoms with Crippen LogP contribution in [0.25, 0.3) is 0 Å². The van der Waals surface area contributed by atoms with Gasteiger partial charge in [-0.05, 0) is 50.4 Å². The molecular weight excluding hydrogens is 198 g/mol. The number of hydrogen-bond acceptors (Lipinski definition) is 2. The first kappa shape index (κ1) is 10.3. The second-order valence-corrected chi connectivity index (χ2v) is 5.29. The first-order chi connectivity index (χ1) is 7.71. The van der Waals surface area contributed by atoms with Crippen LogP contribution in [-0.2, 0) is 6.42 Å². The molecular formula is C14H19NO. The topological polar surface area (TPSA) is 23.5 Å². The zero-order valence-electron chi connectivity index (χ0n) is 9.82. The lowest BCUT2D eigenvalue weighted by molar-refractivity contribution is -0.0856. The molecule has 0 saturated carbocycles. The molecule has 1 aliphatic heterocycles. The molecule has 2 aliphatic rings. The van der Waals surface area contributed by atoms with Crippen LogP contribution in [0, 0.1) is 0 Å². The molecule has 1 aromatic carbocycles. The van der Waals surface area contributed by atoms with Gasteiger partial charge in [0.25, 0.3) is 0 Å². The Morgan fingerprint density at radius 1 is 1.31 bits per heavy atom. The Hall–Kier alpha value is -0.860. The third-order valence-corrected chi connectivity index (χ3v) is 4.25. The number of aliphatic hydroxyl groups is 1. The summed E-state index contributed by atoms with van der Waals surface area (Å²) in [6.45, 7) is 1.10. The van der Waals surface area contributed by atoms with Gasteiger partial charge < -0.3 is 5.11 Å². The average molecular weight is 217 g/mol. The van der Waals surface area contributed by atoms with E-state index in [4.69, 9.17) is 0 Å². The van der Waals surface area contributed by atoms with E-state index in [0.717, 1.165) is 32.2 Å². The monoisotopic (exact) mass is 217 g/mol. The standard InChI is InChI=1S/C14H19NO/c1-15-10-4-8-14(16)9-7-11-5-2-3-6-12(11)13(14)15/h2-3,5-6,13,16H,4,7-10H2,1H3/t13-,14-/m1/s1. The summed E-state index contributed by atoms with van der Waals surface area (Å²) in [5, 5.41) is 10.8. The Bertz CT molecular complexity index is 403. The molecule has 1 aliphatic carbocycles. The number of hydrogen-bond donors (Lipinski definition) is 1. The van der Waals surface area contributed by atoms with E-state index in [9.17, 15) is 5.11 Å². The van der Waals surface area contributed by atoms with Crippen molar-refractivity contribution < 1.29 is 5.11 Å². The smallest absolute Gasteiger partial charge is 0.0847 e. The van der Waals surface area contributed by atoms with Crippen LogP contribution in [0.2, 0.25) is 0 Å².